The van der Waals surface area contributed by atoms with Gasteiger partial charge in [-0.25, -0.2) is 32.7 Å². The normalized spacial score (nSPS) is 18.4. The van der Waals surface area contributed by atoms with Crippen molar-refractivity contribution in [2.75, 3.05) is 11.4 Å². The van der Waals surface area contributed by atoms with E-state index in [9.17, 15) is 8.42 Å². The van der Waals surface area contributed by atoms with E-state index in [2.05, 4.69) is 25.1 Å². The highest BCUT2D eigenvalue weighted by atomic mass is 35.5. The molecular weight excluding hydrogens is 526 g/mol. The Hall–Kier alpha value is -3.70. The van der Waals surface area contributed by atoms with Crippen molar-refractivity contribution >= 4 is 27.4 Å². The van der Waals surface area contributed by atoms with Gasteiger partial charge in [-0.05, 0) is 43.4 Å². The minimum absolute atomic E-state index is 0.151. The summed E-state index contributed by atoms with van der Waals surface area (Å²) in [4.78, 5) is 18.2. The molecular formula is C26H22ClN7O3S. The lowest BCUT2D eigenvalue weighted by Gasteiger charge is -2.19. The van der Waals surface area contributed by atoms with Crippen LogP contribution in [0.4, 0.5) is 5.82 Å². The van der Waals surface area contributed by atoms with Crippen molar-refractivity contribution in [2.45, 2.75) is 42.9 Å². The van der Waals surface area contributed by atoms with Gasteiger partial charge in [0, 0.05) is 23.2 Å². The largest absolute Gasteiger partial charge is 0.480 e. The maximum Gasteiger partial charge on any atom is 0.246 e. The summed E-state index contributed by atoms with van der Waals surface area (Å²) in [7, 11) is -2.13. The molecule has 3 aliphatic rings. The fourth-order valence-electron chi connectivity index (χ4n) is 5.10. The molecule has 2 fully saturated rings. The molecule has 0 atom stereocenters. The summed E-state index contributed by atoms with van der Waals surface area (Å²) in [5.41, 5.74) is 4.48. The number of benzene rings is 1. The minimum Gasteiger partial charge on any atom is -0.480 e. The third kappa shape index (κ3) is 3.56. The van der Waals surface area contributed by atoms with E-state index in [0.717, 1.165) is 29.7 Å². The van der Waals surface area contributed by atoms with Crippen molar-refractivity contribution in [2.24, 2.45) is 0 Å². The molecule has 10 nitrogen and oxygen atoms in total. The van der Waals surface area contributed by atoms with Crippen molar-refractivity contribution < 1.29 is 13.2 Å². The van der Waals surface area contributed by atoms with Crippen LogP contribution in [0.25, 0.3) is 22.6 Å². The van der Waals surface area contributed by atoms with Crippen LogP contribution >= 0.6 is 11.6 Å². The number of hydrogen-bond donors (Lipinski definition) is 0. The molecule has 0 radical (unpaired) electrons. The van der Waals surface area contributed by atoms with Gasteiger partial charge in [-0.15, -0.1) is 10.2 Å². The van der Waals surface area contributed by atoms with Crippen LogP contribution in [0.15, 0.2) is 48.9 Å². The van der Waals surface area contributed by atoms with Gasteiger partial charge in [-0.2, -0.15) is 0 Å². The zero-order valence-electron chi connectivity index (χ0n) is 20.4. The van der Waals surface area contributed by atoms with Crippen LogP contribution in [0.1, 0.15) is 48.4 Å². The molecule has 3 aromatic heterocycles. The monoisotopic (exact) mass is 547 g/mol. The molecule has 1 spiro atoms. The molecule has 2 aliphatic carbocycles. The van der Waals surface area contributed by atoms with Crippen LogP contribution in [0.3, 0.4) is 0 Å². The van der Waals surface area contributed by atoms with E-state index < -0.39 is 14.8 Å². The highest BCUT2D eigenvalue weighted by Gasteiger charge is 2.65. The highest BCUT2D eigenvalue weighted by Crippen LogP contribution is 2.61. The van der Waals surface area contributed by atoms with Crippen molar-refractivity contribution in [1.29, 1.82) is 0 Å². The number of fused-ring (bicyclic) bond motifs is 2. The average Bonchev–Trinajstić information content (AvgIpc) is 3.86. The van der Waals surface area contributed by atoms with Gasteiger partial charge in [-0.1, -0.05) is 35.9 Å². The minimum atomic E-state index is -3.68. The Morgan fingerprint density at radius 2 is 1.84 bits per heavy atom. The Morgan fingerprint density at radius 1 is 1.05 bits per heavy atom. The van der Waals surface area contributed by atoms with Gasteiger partial charge in [0.05, 0.1) is 25.0 Å². The number of ether oxygens (including phenoxy) is 1. The fraction of sp³-hybridized carbons (Fsp3) is 0.308. The van der Waals surface area contributed by atoms with Crippen LogP contribution < -0.4 is 9.04 Å². The fourth-order valence-corrected chi connectivity index (χ4v) is 7.35. The summed E-state index contributed by atoms with van der Waals surface area (Å²) in [6.45, 7) is 0.151. The van der Waals surface area contributed by atoms with E-state index in [4.69, 9.17) is 21.3 Å². The number of aromatic nitrogens is 6. The first-order valence-electron chi connectivity index (χ1n) is 12.3. The Balaban J connectivity index is 1.28. The van der Waals surface area contributed by atoms with E-state index in [1.54, 1.807) is 25.4 Å². The quantitative estimate of drug-likeness (QED) is 0.348. The molecule has 4 heterocycles. The lowest BCUT2D eigenvalue weighted by atomic mass is 10.1. The van der Waals surface area contributed by atoms with E-state index in [1.807, 2.05) is 24.3 Å². The lowest BCUT2D eigenvalue weighted by Crippen LogP contribution is -2.31. The van der Waals surface area contributed by atoms with Gasteiger partial charge in [0.15, 0.2) is 16.8 Å². The van der Waals surface area contributed by atoms with E-state index in [0.29, 0.717) is 58.3 Å². The van der Waals surface area contributed by atoms with Crippen molar-refractivity contribution in [3.05, 3.63) is 70.9 Å². The number of anilines is 1. The molecule has 0 bridgehead atoms. The van der Waals surface area contributed by atoms with Gasteiger partial charge in [-0.3, -0.25) is 0 Å². The lowest BCUT2D eigenvalue weighted by molar-refractivity contribution is 0.397. The number of sulfonamides is 1. The second-order valence-corrected chi connectivity index (χ2v) is 12.4. The van der Waals surface area contributed by atoms with Gasteiger partial charge in [0.1, 0.15) is 16.6 Å². The first-order valence-corrected chi connectivity index (χ1v) is 14.1. The number of methoxy groups -OCH3 is 1. The molecule has 7 rings (SSSR count). The third-order valence-electron chi connectivity index (χ3n) is 7.41. The molecule has 0 saturated heterocycles. The van der Waals surface area contributed by atoms with Gasteiger partial charge in [0.25, 0.3) is 0 Å². The van der Waals surface area contributed by atoms with E-state index in [1.165, 1.54) is 10.6 Å². The molecule has 1 aliphatic heterocycles. The molecule has 192 valence electrons. The van der Waals surface area contributed by atoms with Gasteiger partial charge in [0.2, 0.25) is 15.9 Å². The van der Waals surface area contributed by atoms with Gasteiger partial charge < -0.3 is 4.74 Å². The Morgan fingerprint density at radius 3 is 2.50 bits per heavy atom. The number of nitrogens with zero attached hydrogens (tertiary/aromatic N) is 7. The van der Waals surface area contributed by atoms with Gasteiger partial charge >= 0.3 is 0 Å². The first kappa shape index (κ1) is 23.4. The van der Waals surface area contributed by atoms with Crippen LogP contribution in [0, 0.1) is 0 Å². The second-order valence-electron chi connectivity index (χ2n) is 9.79. The second kappa shape index (κ2) is 8.40. The smallest absolute Gasteiger partial charge is 0.246 e. The Labute approximate surface area is 224 Å². The molecule has 38 heavy (non-hydrogen) atoms. The van der Waals surface area contributed by atoms with E-state index >= 15 is 0 Å². The Bertz CT molecular complexity index is 1670. The standard InChI is InChI=1S/C26H22ClN7O3S/c1-37-25-21(22(17-6-7-17)29-14-30-25)23-28-12-18-24(31-23)34(38(35,36)26(18)10-11-26)13-15-2-4-16(5-3-15)19-8-9-20(27)33-32-19/h2-5,8-9,12,14,17H,6-7,10-11,13H2,1H3. The van der Waals surface area contributed by atoms with Crippen LogP contribution in [-0.4, -0.2) is 45.7 Å². The maximum atomic E-state index is 13.8. The summed E-state index contributed by atoms with van der Waals surface area (Å²) < 4.78 is 33.6. The summed E-state index contributed by atoms with van der Waals surface area (Å²) >= 11 is 5.85. The number of halogens is 1. The topological polar surface area (TPSA) is 124 Å². The predicted molar refractivity (Wildman–Crippen MR) is 140 cm³/mol. The summed E-state index contributed by atoms with van der Waals surface area (Å²) in [6.07, 6.45) is 6.31. The molecule has 4 aromatic rings. The maximum absolute atomic E-state index is 13.8. The van der Waals surface area contributed by atoms with Crippen LogP contribution in [-0.2, 0) is 21.3 Å². The molecule has 12 heteroatoms. The van der Waals surface area contributed by atoms with E-state index in [-0.39, 0.29) is 6.54 Å². The third-order valence-corrected chi connectivity index (χ3v) is 10.1. The molecule has 0 amide bonds. The van der Waals surface area contributed by atoms with Crippen molar-refractivity contribution in [3.8, 4) is 28.5 Å². The average molecular weight is 548 g/mol. The number of hydrogen-bond acceptors (Lipinski definition) is 9. The van der Waals surface area contributed by atoms with Crippen LogP contribution in [0.2, 0.25) is 5.15 Å². The highest BCUT2D eigenvalue weighted by molar-refractivity contribution is 7.94. The summed E-state index contributed by atoms with van der Waals surface area (Å²) in [5.74, 6) is 1.47. The van der Waals surface area contributed by atoms with Crippen molar-refractivity contribution in [3.63, 3.8) is 0 Å². The zero-order chi connectivity index (χ0) is 26.1. The number of rotatable bonds is 6. The summed E-state index contributed by atoms with van der Waals surface area (Å²) in [5, 5.41) is 8.32. The zero-order valence-corrected chi connectivity index (χ0v) is 21.9. The first-order chi connectivity index (χ1) is 18.4. The predicted octanol–water partition coefficient (Wildman–Crippen LogP) is 4.27. The molecule has 0 unspecified atom stereocenters. The molecule has 2 saturated carbocycles. The molecule has 0 N–H and O–H groups in total. The Kier molecular flexibility index (Phi) is 5.18. The van der Waals surface area contributed by atoms with Crippen molar-refractivity contribution in [1.82, 2.24) is 30.1 Å². The SMILES string of the molecule is COc1ncnc(C2CC2)c1-c1ncc2c(n1)N(Cc1ccc(-c3ccc(Cl)nn3)cc1)S(=O)(=O)C21CC1. The molecule has 1 aromatic carbocycles. The van der Waals surface area contributed by atoms with Crippen LogP contribution in [0.5, 0.6) is 5.88 Å². The summed E-state index contributed by atoms with van der Waals surface area (Å²) in [6, 6.07) is 11.0.